The molecule has 0 aliphatic carbocycles. The van der Waals surface area contributed by atoms with E-state index in [4.69, 9.17) is 18.9 Å². The highest BCUT2D eigenvalue weighted by atomic mass is 16.5. The highest BCUT2D eigenvalue weighted by Gasteiger charge is 2.16. The Balaban J connectivity index is 1.80. The third kappa shape index (κ3) is 5.81. The fourth-order valence-corrected chi connectivity index (χ4v) is 2.18. The number of amides is 2. The maximum atomic E-state index is 12.0. The zero-order chi connectivity index (χ0) is 19.6. The van der Waals surface area contributed by atoms with Crippen LogP contribution in [0, 0.1) is 0 Å². The van der Waals surface area contributed by atoms with Crippen molar-refractivity contribution in [3.8, 4) is 23.0 Å². The van der Waals surface area contributed by atoms with Crippen molar-refractivity contribution in [2.24, 2.45) is 0 Å². The first kappa shape index (κ1) is 19.9. The van der Waals surface area contributed by atoms with Gasteiger partial charge in [0.15, 0.2) is 0 Å². The summed E-state index contributed by atoms with van der Waals surface area (Å²) in [5.41, 5.74) is 0.339. The molecule has 0 saturated heterocycles. The van der Waals surface area contributed by atoms with E-state index in [0.717, 1.165) is 5.75 Å². The minimum atomic E-state index is -0.814. The lowest BCUT2D eigenvalue weighted by molar-refractivity contribution is -0.136. The first-order valence-electron chi connectivity index (χ1n) is 8.15. The van der Waals surface area contributed by atoms with Crippen molar-refractivity contribution in [2.75, 3.05) is 39.8 Å². The molecule has 0 unspecified atom stereocenters. The summed E-state index contributed by atoms with van der Waals surface area (Å²) in [5.74, 6) is 0.708. The number of hydrogen-bond acceptors (Lipinski definition) is 6. The number of nitrogens with one attached hydrogen (secondary N) is 2. The third-order valence-corrected chi connectivity index (χ3v) is 3.58. The Labute approximate surface area is 157 Å². The number of benzene rings is 2. The van der Waals surface area contributed by atoms with E-state index in [1.54, 1.807) is 49.6 Å². The molecule has 2 N–H and O–H groups in total. The second-order valence-corrected chi connectivity index (χ2v) is 5.30. The summed E-state index contributed by atoms with van der Waals surface area (Å²) in [7, 11) is 4.55. The molecule has 27 heavy (non-hydrogen) atoms. The van der Waals surface area contributed by atoms with E-state index in [1.807, 2.05) is 0 Å². The number of rotatable bonds is 8. The second kappa shape index (κ2) is 9.91. The molecule has 0 radical (unpaired) electrons. The quantitative estimate of drug-likeness (QED) is 0.541. The third-order valence-electron chi connectivity index (χ3n) is 3.58. The van der Waals surface area contributed by atoms with E-state index >= 15 is 0 Å². The monoisotopic (exact) mass is 374 g/mol. The lowest BCUT2D eigenvalue weighted by Crippen LogP contribution is -2.37. The molecule has 2 rings (SSSR count). The average Bonchev–Trinajstić information content (AvgIpc) is 2.71. The highest BCUT2D eigenvalue weighted by molar-refractivity contribution is 6.39. The normalized spacial score (nSPS) is 9.89. The standard InChI is InChI=1S/C19H22N2O6/c1-24-13-4-6-14(7-5-13)27-11-10-20-18(22)19(23)21-16-12-15(25-2)8-9-17(16)26-3/h4-9,12H,10-11H2,1-3H3,(H,20,22)(H,21,23). The zero-order valence-corrected chi connectivity index (χ0v) is 15.4. The number of anilines is 1. The first-order chi connectivity index (χ1) is 13.1. The molecule has 0 saturated carbocycles. The molecule has 8 heteroatoms. The van der Waals surface area contributed by atoms with E-state index in [-0.39, 0.29) is 13.2 Å². The Kier molecular flexibility index (Phi) is 7.30. The van der Waals surface area contributed by atoms with Gasteiger partial charge >= 0.3 is 11.8 Å². The van der Waals surface area contributed by atoms with E-state index in [9.17, 15) is 9.59 Å². The van der Waals surface area contributed by atoms with E-state index < -0.39 is 11.8 Å². The van der Waals surface area contributed by atoms with Crippen LogP contribution in [-0.4, -0.2) is 46.3 Å². The van der Waals surface area contributed by atoms with Gasteiger partial charge in [-0.05, 0) is 36.4 Å². The summed E-state index contributed by atoms with van der Waals surface area (Å²) in [5, 5.41) is 4.99. The Morgan fingerprint density at radius 1 is 0.815 bits per heavy atom. The Morgan fingerprint density at radius 2 is 1.44 bits per heavy atom. The summed E-state index contributed by atoms with van der Waals surface area (Å²) < 4.78 is 20.8. The summed E-state index contributed by atoms with van der Waals surface area (Å²) in [4.78, 5) is 24.0. The number of methoxy groups -OCH3 is 3. The maximum absolute atomic E-state index is 12.0. The van der Waals surface area contributed by atoms with Crippen molar-refractivity contribution in [1.82, 2.24) is 5.32 Å². The van der Waals surface area contributed by atoms with Gasteiger partial charge in [-0.3, -0.25) is 9.59 Å². The lowest BCUT2D eigenvalue weighted by Gasteiger charge is -2.12. The Hall–Kier alpha value is -3.42. The molecule has 0 spiro atoms. The van der Waals surface area contributed by atoms with Crippen LogP contribution in [0.1, 0.15) is 0 Å². The van der Waals surface area contributed by atoms with Crippen molar-refractivity contribution >= 4 is 17.5 Å². The lowest BCUT2D eigenvalue weighted by atomic mass is 10.2. The van der Waals surface area contributed by atoms with Gasteiger partial charge in [0, 0.05) is 6.07 Å². The molecule has 0 aliphatic rings. The highest BCUT2D eigenvalue weighted by Crippen LogP contribution is 2.28. The molecule has 0 aromatic heterocycles. The van der Waals surface area contributed by atoms with Gasteiger partial charge in [0.05, 0.1) is 33.6 Å². The van der Waals surface area contributed by atoms with Gasteiger partial charge in [-0.15, -0.1) is 0 Å². The zero-order valence-electron chi connectivity index (χ0n) is 15.4. The molecule has 0 aliphatic heterocycles. The van der Waals surface area contributed by atoms with Crippen LogP contribution in [0.25, 0.3) is 0 Å². The summed E-state index contributed by atoms with van der Waals surface area (Å²) in [6, 6.07) is 11.9. The largest absolute Gasteiger partial charge is 0.497 e. The predicted octanol–water partition coefficient (Wildman–Crippen LogP) is 1.85. The van der Waals surface area contributed by atoms with Gasteiger partial charge in [0.25, 0.3) is 0 Å². The molecule has 144 valence electrons. The molecular weight excluding hydrogens is 352 g/mol. The second-order valence-electron chi connectivity index (χ2n) is 5.30. The Bertz CT molecular complexity index is 776. The fourth-order valence-electron chi connectivity index (χ4n) is 2.18. The van der Waals surface area contributed by atoms with Gasteiger partial charge in [-0.1, -0.05) is 0 Å². The van der Waals surface area contributed by atoms with Crippen molar-refractivity contribution in [3.05, 3.63) is 42.5 Å². The van der Waals surface area contributed by atoms with E-state index in [2.05, 4.69) is 10.6 Å². The van der Waals surface area contributed by atoms with Crippen molar-refractivity contribution in [3.63, 3.8) is 0 Å². The number of hydrogen-bond donors (Lipinski definition) is 2. The van der Waals surface area contributed by atoms with Gasteiger partial charge in [0.2, 0.25) is 0 Å². The van der Waals surface area contributed by atoms with Crippen LogP contribution >= 0.6 is 0 Å². The number of carbonyl (C=O) groups is 2. The van der Waals surface area contributed by atoms with Crippen LogP contribution < -0.4 is 29.6 Å². The van der Waals surface area contributed by atoms with Crippen molar-refractivity contribution in [2.45, 2.75) is 0 Å². The van der Waals surface area contributed by atoms with Crippen LogP contribution in [0.2, 0.25) is 0 Å². The molecule has 2 aromatic carbocycles. The average molecular weight is 374 g/mol. The summed E-state index contributed by atoms with van der Waals surface area (Å²) in [6.45, 7) is 0.390. The van der Waals surface area contributed by atoms with Crippen LogP contribution in [-0.2, 0) is 9.59 Å². The number of carbonyl (C=O) groups excluding carboxylic acids is 2. The van der Waals surface area contributed by atoms with Crippen LogP contribution in [0.4, 0.5) is 5.69 Å². The van der Waals surface area contributed by atoms with Gasteiger partial charge < -0.3 is 29.6 Å². The molecule has 0 heterocycles. The fraction of sp³-hybridized carbons (Fsp3) is 0.263. The molecule has 0 atom stereocenters. The van der Waals surface area contributed by atoms with Gasteiger partial charge in [0.1, 0.15) is 29.6 Å². The minimum Gasteiger partial charge on any atom is -0.497 e. The first-order valence-corrected chi connectivity index (χ1v) is 8.15. The smallest absolute Gasteiger partial charge is 0.313 e. The number of ether oxygens (including phenoxy) is 4. The molecule has 8 nitrogen and oxygen atoms in total. The summed E-state index contributed by atoms with van der Waals surface area (Å²) >= 11 is 0. The molecular formula is C19H22N2O6. The molecule has 0 fully saturated rings. The van der Waals surface area contributed by atoms with Crippen LogP contribution in [0.3, 0.4) is 0 Å². The van der Waals surface area contributed by atoms with E-state index in [0.29, 0.717) is 22.9 Å². The van der Waals surface area contributed by atoms with Gasteiger partial charge in [-0.2, -0.15) is 0 Å². The maximum Gasteiger partial charge on any atom is 0.313 e. The molecule has 2 aromatic rings. The van der Waals surface area contributed by atoms with Gasteiger partial charge in [-0.25, -0.2) is 0 Å². The summed E-state index contributed by atoms with van der Waals surface area (Å²) in [6.07, 6.45) is 0. The molecule has 2 amide bonds. The van der Waals surface area contributed by atoms with Crippen LogP contribution in [0.5, 0.6) is 23.0 Å². The Morgan fingerprint density at radius 3 is 2.07 bits per heavy atom. The van der Waals surface area contributed by atoms with Crippen LogP contribution in [0.15, 0.2) is 42.5 Å². The predicted molar refractivity (Wildman–Crippen MR) is 99.7 cm³/mol. The van der Waals surface area contributed by atoms with E-state index in [1.165, 1.54) is 14.2 Å². The van der Waals surface area contributed by atoms with Crippen molar-refractivity contribution < 1.29 is 28.5 Å². The van der Waals surface area contributed by atoms with Crippen molar-refractivity contribution in [1.29, 1.82) is 0 Å². The topological polar surface area (TPSA) is 95.1 Å². The molecule has 0 bridgehead atoms. The minimum absolute atomic E-state index is 0.174. The SMILES string of the molecule is COc1ccc(OCCNC(=O)C(=O)Nc2cc(OC)ccc2OC)cc1.